The van der Waals surface area contributed by atoms with E-state index in [1.807, 2.05) is 0 Å². The average molecular weight is 1760 g/mol. The molecule has 0 rings (SSSR count). The minimum Gasteiger partial charge on any atom is -0.799 e. The van der Waals surface area contributed by atoms with E-state index in [9.17, 15) is 28.4 Å². The van der Waals surface area contributed by atoms with Crippen LogP contribution in [0.5, 0.6) is 0 Å². The van der Waals surface area contributed by atoms with E-state index in [4.69, 9.17) is 0 Å². The largest absolute Gasteiger partial charge is 3.00 e. The summed E-state index contributed by atoms with van der Waals surface area (Å²) in [6.07, 6.45) is 131. The first-order chi connectivity index (χ1) is 57.4. The van der Waals surface area contributed by atoms with Crippen LogP contribution in [-0.4, -0.2) is 37.0 Å². The summed E-state index contributed by atoms with van der Waals surface area (Å²) in [5.41, 5.74) is 0. The van der Waals surface area contributed by atoms with E-state index in [2.05, 4.69) is 41.5 Å². The van der Waals surface area contributed by atoms with Crippen molar-refractivity contribution in [2.45, 2.75) is 658 Å². The fourth-order valence-corrected chi connectivity index (χ4v) is 22.6. The maximum atomic E-state index is 12.4. The van der Waals surface area contributed by atoms with Crippen LogP contribution in [0.1, 0.15) is 658 Å². The Morgan fingerprint density at radius 1 is 0.110 bits per heavy atom. The Labute approximate surface area is 757 Å². The summed E-state index contributed by atoms with van der Waals surface area (Å²) < 4.78 is 37.1. The molecule has 0 amide bonds. The monoisotopic (exact) mass is 1760 g/mol. The fourth-order valence-electron chi connectivity index (χ4n) is 17.7. The predicted octanol–water partition coefficient (Wildman–Crippen LogP) is 39.4. The smallest absolute Gasteiger partial charge is 0.799 e. The molecule has 0 aromatic carbocycles. The van der Waals surface area contributed by atoms with Crippen molar-refractivity contribution in [3.05, 3.63) is 0 Å². The third kappa shape index (κ3) is 119. The first-order valence-electron chi connectivity index (χ1n) is 55.2. The molecule has 0 aliphatic heterocycles. The molecule has 0 fully saturated rings. The summed E-state index contributed by atoms with van der Waals surface area (Å²) in [7, 11) is -9.36. The van der Waals surface area contributed by atoms with Crippen LogP contribution in [0.2, 0.25) is 0 Å². The molecule has 0 saturated carbocycles. The van der Waals surface area contributed by atoms with Gasteiger partial charge in [-0.1, -0.05) is 619 Å². The second-order valence-electron chi connectivity index (χ2n) is 38.6. The van der Waals surface area contributed by atoms with Gasteiger partial charge in [0.2, 0.25) is 0 Å². The van der Waals surface area contributed by atoms with E-state index < -0.39 is 22.1 Å². The molecule has 6 nitrogen and oxygen atoms in total. The maximum absolute atomic E-state index is 12.4. The Hall–Kier alpha value is 1.10. The van der Waals surface area contributed by atoms with Crippen molar-refractivity contribution in [2.75, 3.05) is 37.0 Å². The summed E-state index contributed by atoms with van der Waals surface area (Å²) in [5, 5.41) is 0. The molecule has 0 unspecified atom stereocenters. The molecule has 0 spiro atoms. The molecule has 0 aromatic heterocycles. The van der Waals surface area contributed by atoms with Crippen LogP contribution in [0.3, 0.4) is 0 Å². The number of rotatable bonds is 102. The van der Waals surface area contributed by atoms with Gasteiger partial charge in [-0.15, -0.1) is 0 Å². The second-order valence-corrected chi connectivity index (χ2v) is 46.2. The van der Waals surface area contributed by atoms with E-state index in [0.29, 0.717) is 37.0 Å². The van der Waals surface area contributed by atoms with Crippen LogP contribution in [0.15, 0.2) is 0 Å². The summed E-state index contributed by atoms with van der Waals surface area (Å²) in [5.74, 6) is 0. The van der Waals surface area contributed by atoms with Crippen molar-refractivity contribution < 1.29 is 45.7 Å². The third-order valence-electron chi connectivity index (χ3n) is 26.1. The Morgan fingerprint density at radius 3 is 0.220 bits per heavy atom. The van der Waals surface area contributed by atoms with Crippen LogP contribution in [0, 0.1) is 0 Å². The van der Waals surface area contributed by atoms with Crippen molar-refractivity contribution >= 4 is 22.1 Å². The zero-order chi connectivity index (χ0) is 85.6. The molecule has 0 heterocycles. The van der Waals surface area contributed by atoms with Gasteiger partial charge in [-0.05, 0) is 75.5 Å². The van der Waals surface area contributed by atoms with Crippen LogP contribution >= 0.6 is 22.1 Å². The van der Waals surface area contributed by atoms with Crippen LogP contribution in [-0.2, 0) is 31.1 Å². The summed E-state index contributed by atoms with van der Waals surface area (Å²) in [6.45, 7) is 13.7. The molecular formula is C108H222CrO6P3. The van der Waals surface area contributed by atoms with E-state index >= 15 is 0 Å². The van der Waals surface area contributed by atoms with Gasteiger partial charge in [0.1, 0.15) is 0 Å². The quantitative estimate of drug-likeness (QED) is 0.0442. The summed E-state index contributed by atoms with van der Waals surface area (Å²) >= 11 is 0. The molecule has 0 aliphatic carbocycles. The van der Waals surface area contributed by atoms with Gasteiger partial charge < -0.3 is 28.4 Å². The molecular weight excluding hydrogens is 1540 g/mol. The third-order valence-corrected chi connectivity index (χ3v) is 32.1. The second kappa shape index (κ2) is 110. The van der Waals surface area contributed by atoms with Gasteiger partial charge >= 0.3 is 17.4 Å². The van der Waals surface area contributed by atoms with Gasteiger partial charge in [0, 0.05) is 22.1 Å². The molecule has 1 radical (unpaired) electrons. The van der Waals surface area contributed by atoms with Crippen LogP contribution < -0.4 is 14.7 Å². The zero-order valence-corrected chi connectivity index (χ0v) is 86.3. The maximum Gasteiger partial charge on any atom is 3.00 e. The minimum atomic E-state index is -3.12. The molecule has 0 aromatic rings. The molecule has 0 saturated heterocycles. The first-order valence-corrected chi connectivity index (χ1v) is 61.2. The van der Waals surface area contributed by atoms with E-state index in [-0.39, 0.29) is 17.4 Å². The van der Waals surface area contributed by atoms with Crippen molar-refractivity contribution in [1.29, 1.82) is 0 Å². The Morgan fingerprint density at radius 2 is 0.161 bits per heavy atom. The van der Waals surface area contributed by atoms with Crippen LogP contribution in [0.25, 0.3) is 0 Å². The van der Waals surface area contributed by atoms with E-state index in [1.165, 1.54) is 539 Å². The van der Waals surface area contributed by atoms with Crippen molar-refractivity contribution in [1.82, 2.24) is 0 Å². The molecule has 118 heavy (non-hydrogen) atoms. The molecule has 0 bridgehead atoms. The van der Waals surface area contributed by atoms with E-state index in [1.54, 1.807) is 0 Å². The standard InChI is InChI=1S/3C36H75O2P.Cr/c3*1-3-5-7-9-11-13-15-17-19-21-23-25-27-29-31-33-35-39(37,38)36-34-32-30-28-26-24-22-20-18-16-14-12-10-8-6-4-2;/h3*3-36H2,1-2H3,(H,37,38);/q;;;+3/p-3. The molecule has 10 heteroatoms. The van der Waals surface area contributed by atoms with E-state index in [0.717, 1.165) is 77.0 Å². The Bertz CT molecular complexity index is 1570. The normalized spacial score (nSPS) is 11.9. The topological polar surface area (TPSA) is 120 Å². The Balaban J connectivity index is -0.000000823. The SMILES string of the molecule is CCCCCCCCCCCCCCCCCCP(=O)([O-])CCCCCCCCCCCCCCCCCC.CCCCCCCCCCCCCCCCCCP(=O)([O-])CCCCCCCCCCCCCCCCCC.CCCCCCCCCCCCCCCCCCP(=O)([O-])CCCCCCCCCCCCCCCCCC.[Cr+3]. The van der Waals surface area contributed by atoms with Crippen molar-refractivity contribution in [2.24, 2.45) is 0 Å². The summed E-state index contributed by atoms with van der Waals surface area (Å²) in [6, 6.07) is 0. The number of hydrogen-bond donors (Lipinski definition) is 0. The average Bonchev–Trinajstić information content (AvgIpc) is 0.951. The molecule has 0 atom stereocenters. The van der Waals surface area contributed by atoms with Gasteiger partial charge in [0.05, 0.1) is 0 Å². The van der Waals surface area contributed by atoms with Gasteiger partial charge in [-0.2, -0.15) is 0 Å². The van der Waals surface area contributed by atoms with Gasteiger partial charge in [-0.3, -0.25) is 0 Å². The number of unbranched alkanes of at least 4 members (excludes halogenated alkanes) is 90. The molecule has 0 aliphatic rings. The summed E-state index contributed by atoms with van der Waals surface area (Å²) in [4.78, 5) is 37.1. The fraction of sp³-hybridized carbons (Fsp3) is 1.00. The molecule has 711 valence electrons. The zero-order valence-electron chi connectivity index (χ0n) is 82.3. The van der Waals surface area contributed by atoms with Gasteiger partial charge in [0.25, 0.3) is 0 Å². The van der Waals surface area contributed by atoms with Crippen molar-refractivity contribution in [3.63, 3.8) is 0 Å². The Kier molecular flexibility index (Phi) is 117. The van der Waals surface area contributed by atoms with Crippen molar-refractivity contribution in [3.8, 4) is 0 Å². The predicted molar refractivity (Wildman–Crippen MR) is 529 cm³/mol. The van der Waals surface area contributed by atoms with Gasteiger partial charge in [0.15, 0.2) is 0 Å². The minimum absolute atomic E-state index is 0. The van der Waals surface area contributed by atoms with Gasteiger partial charge in [-0.25, -0.2) is 0 Å². The number of hydrogen-bond acceptors (Lipinski definition) is 6. The van der Waals surface area contributed by atoms with Crippen LogP contribution in [0.4, 0.5) is 0 Å². The molecule has 0 N–H and O–H groups in total. The first kappa shape index (κ1) is 125.